The number of benzene rings is 1. The quantitative estimate of drug-likeness (QED) is 0.842. The van der Waals surface area contributed by atoms with Gasteiger partial charge in [-0.25, -0.2) is 4.98 Å². The fraction of sp³-hybridized carbons (Fsp3) is 0.500. The molecule has 1 heterocycles. The fourth-order valence-electron chi connectivity index (χ4n) is 2.06. The highest BCUT2D eigenvalue weighted by Crippen LogP contribution is 2.26. The van der Waals surface area contributed by atoms with Crippen LogP contribution in [0.3, 0.4) is 0 Å². The number of nitrogens with zero attached hydrogens (tertiary/aromatic N) is 1. The molecule has 2 unspecified atom stereocenters. The lowest BCUT2D eigenvalue weighted by Gasteiger charge is -2.19. The molecule has 1 aromatic carbocycles. The Hall–Kier alpha value is -0.970. The van der Waals surface area contributed by atoms with E-state index in [0.717, 1.165) is 23.4 Å². The molecular formula is C14H20N2OS. The number of nitrogens with one attached hydrogen (secondary N) is 1. The van der Waals surface area contributed by atoms with Crippen LogP contribution in [0.4, 0.5) is 0 Å². The normalized spacial score (nSPS) is 14.8. The van der Waals surface area contributed by atoms with Crippen molar-refractivity contribution in [3.63, 3.8) is 0 Å². The molecule has 98 valence electrons. The highest BCUT2D eigenvalue weighted by molar-refractivity contribution is 7.18. The molecule has 0 spiro atoms. The van der Waals surface area contributed by atoms with Gasteiger partial charge < -0.3 is 10.4 Å². The maximum Gasteiger partial charge on any atom is 0.111 e. The van der Waals surface area contributed by atoms with E-state index in [9.17, 15) is 0 Å². The van der Waals surface area contributed by atoms with E-state index in [0.29, 0.717) is 6.04 Å². The van der Waals surface area contributed by atoms with E-state index in [-0.39, 0.29) is 12.6 Å². The largest absolute Gasteiger partial charge is 0.396 e. The van der Waals surface area contributed by atoms with Crippen LogP contribution in [0.25, 0.3) is 10.2 Å². The predicted molar refractivity (Wildman–Crippen MR) is 77.0 cm³/mol. The Labute approximate surface area is 112 Å². The number of aliphatic hydroxyl groups excluding tert-OH is 1. The molecule has 0 fully saturated rings. The third kappa shape index (κ3) is 3.07. The van der Waals surface area contributed by atoms with Gasteiger partial charge in [0.1, 0.15) is 5.01 Å². The maximum absolute atomic E-state index is 9.01. The second-order valence-corrected chi connectivity index (χ2v) is 5.59. The molecular weight excluding hydrogens is 244 g/mol. The summed E-state index contributed by atoms with van der Waals surface area (Å²) in [4.78, 5) is 4.65. The van der Waals surface area contributed by atoms with Crippen molar-refractivity contribution >= 4 is 21.6 Å². The van der Waals surface area contributed by atoms with E-state index in [1.165, 1.54) is 4.70 Å². The Balaban J connectivity index is 2.10. The zero-order valence-corrected chi connectivity index (χ0v) is 11.7. The average Bonchev–Trinajstić information content (AvgIpc) is 2.82. The van der Waals surface area contributed by atoms with Crippen LogP contribution in [0.15, 0.2) is 24.3 Å². The Morgan fingerprint density at radius 2 is 2.17 bits per heavy atom. The lowest BCUT2D eigenvalue weighted by molar-refractivity contribution is 0.257. The second kappa shape index (κ2) is 6.27. The van der Waals surface area contributed by atoms with Crippen LogP contribution in [0.5, 0.6) is 0 Å². The molecule has 0 saturated carbocycles. The van der Waals surface area contributed by atoms with Gasteiger partial charge in [-0.3, -0.25) is 0 Å². The van der Waals surface area contributed by atoms with Crippen molar-refractivity contribution in [1.29, 1.82) is 0 Å². The molecule has 0 radical (unpaired) electrons. The summed E-state index contributed by atoms with van der Waals surface area (Å²) < 4.78 is 1.23. The second-order valence-electron chi connectivity index (χ2n) is 4.53. The SMILES string of the molecule is CCC(CCO)NC(C)c1nc2ccccc2s1. The summed E-state index contributed by atoms with van der Waals surface area (Å²) in [6.45, 7) is 4.51. The van der Waals surface area contributed by atoms with Crippen LogP contribution >= 0.6 is 11.3 Å². The molecule has 4 heteroatoms. The molecule has 0 bridgehead atoms. The van der Waals surface area contributed by atoms with Crippen molar-refractivity contribution in [1.82, 2.24) is 10.3 Å². The third-order valence-electron chi connectivity index (χ3n) is 3.14. The first-order valence-electron chi connectivity index (χ1n) is 6.47. The molecule has 0 aliphatic heterocycles. The Kier molecular flexibility index (Phi) is 4.69. The van der Waals surface area contributed by atoms with Crippen LogP contribution in [-0.4, -0.2) is 22.7 Å². The first-order valence-corrected chi connectivity index (χ1v) is 7.28. The highest BCUT2D eigenvalue weighted by atomic mass is 32.1. The molecule has 0 amide bonds. The lowest BCUT2D eigenvalue weighted by atomic mass is 10.1. The molecule has 2 rings (SSSR count). The van der Waals surface area contributed by atoms with Gasteiger partial charge in [-0.15, -0.1) is 11.3 Å². The van der Waals surface area contributed by atoms with Crippen LogP contribution in [0, 0.1) is 0 Å². The van der Waals surface area contributed by atoms with Gasteiger partial charge in [-0.2, -0.15) is 0 Å². The van der Waals surface area contributed by atoms with E-state index in [4.69, 9.17) is 5.11 Å². The summed E-state index contributed by atoms with van der Waals surface area (Å²) >= 11 is 1.74. The van der Waals surface area contributed by atoms with Crippen molar-refractivity contribution in [2.24, 2.45) is 0 Å². The summed E-state index contributed by atoms with van der Waals surface area (Å²) in [6.07, 6.45) is 1.82. The maximum atomic E-state index is 9.01. The van der Waals surface area contributed by atoms with E-state index >= 15 is 0 Å². The van der Waals surface area contributed by atoms with E-state index in [2.05, 4.69) is 30.2 Å². The van der Waals surface area contributed by atoms with Gasteiger partial charge in [0.25, 0.3) is 0 Å². The highest BCUT2D eigenvalue weighted by Gasteiger charge is 2.14. The number of fused-ring (bicyclic) bond motifs is 1. The first kappa shape index (κ1) is 13.5. The van der Waals surface area contributed by atoms with Gasteiger partial charge in [-0.05, 0) is 31.9 Å². The summed E-state index contributed by atoms with van der Waals surface area (Å²) in [5, 5.41) is 13.7. The first-order chi connectivity index (χ1) is 8.74. The van der Waals surface area contributed by atoms with Gasteiger partial charge in [0.2, 0.25) is 0 Å². The molecule has 0 saturated heterocycles. The van der Waals surface area contributed by atoms with Crippen molar-refractivity contribution < 1.29 is 5.11 Å². The Bertz CT molecular complexity index is 464. The van der Waals surface area contributed by atoms with Gasteiger partial charge in [0.05, 0.1) is 16.3 Å². The minimum Gasteiger partial charge on any atom is -0.396 e. The number of hydrogen-bond acceptors (Lipinski definition) is 4. The Morgan fingerprint density at radius 1 is 1.39 bits per heavy atom. The number of aliphatic hydroxyl groups is 1. The fourth-order valence-corrected chi connectivity index (χ4v) is 3.04. The Morgan fingerprint density at radius 3 is 2.83 bits per heavy atom. The molecule has 18 heavy (non-hydrogen) atoms. The molecule has 0 aliphatic carbocycles. The van der Waals surface area contributed by atoms with Crippen molar-refractivity contribution in [2.45, 2.75) is 38.8 Å². The van der Waals surface area contributed by atoms with E-state index < -0.39 is 0 Å². The van der Waals surface area contributed by atoms with Gasteiger partial charge >= 0.3 is 0 Å². The molecule has 0 aliphatic rings. The molecule has 2 atom stereocenters. The van der Waals surface area contributed by atoms with Crippen molar-refractivity contribution in [3.8, 4) is 0 Å². The third-order valence-corrected chi connectivity index (χ3v) is 4.36. The smallest absolute Gasteiger partial charge is 0.111 e. The van der Waals surface area contributed by atoms with Gasteiger partial charge in [-0.1, -0.05) is 19.1 Å². The summed E-state index contributed by atoms with van der Waals surface area (Å²) in [5.74, 6) is 0. The van der Waals surface area contributed by atoms with Crippen molar-refractivity contribution in [2.75, 3.05) is 6.61 Å². The zero-order chi connectivity index (χ0) is 13.0. The lowest BCUT2D eigenvalue weighted by Crippen LogP contribution is -2.31. The summed E-state index contributed by atoms with van der Waals surface area (Å²) in [5.41, 5.74) is 1.07. The number of thiazole rings is 1. The molecule has 2 aromatic rings. The summed E-state index contributed by atoms with van der Waals surface area (Å²) in [6, 6.07) is 8.81. The minimum atomic E-state index is 0.234. The number of rotatable bonds is 6. The predicted octanol–water partition coefficient (Wildman–Crippen LogP) is 3.11. The number of para-hydroxylation sites is 1. The number of aromatic nitrogens is 1. The molecule has 1 aromatic heterocycles. The van der Waals surface area contributed by atoms with Crippen LogP contribution in [-0.2, 0) is 0 Å². The van der Waals surface area contributed by atoms with E-state index in [1.807, 2.05) is 18.2 Å². The number of hydrogen-bond donors (Lipinski definition) is 2. The standard InChI is InChI=1S/C14H20N2OS/c1-3-11(8-9-17)15-10(2)14-16-12-6-4-5-7-13(12)18-14/h4-7,10-11,15,17H,3,8-9H2,1-2H3. The molecule has 3 nitrogen and oxygen atoms in total. The topological polar surface area (TPSA) is 45.1 Å². The van der Waals surface area contributed by atoms with Gasteiger partial charge in [0.15, 0.2) is 0 Å². The van der Waals surface area contributed by atoms with E-state index in [1.54, 1.807) is 11.3 Å². The van der Waals surface area contributed by atoms with Crippen LogP contribution in [0.2, 0.25) is 0 Å². The van der Waals surface area contributed by atoms with Crippen molar-refractivity contribution in [3.05, 3.63) is 29.3 Å². The van der Waals surface area contributed by atoms with Crippen LogP contribution in [0.1, 0.15) is 37.7 Å². The zero-order valence-electron chi connectivity index (χ0n) is 10.9. The molecule has 2 N–H and O–H groups in total. The minimum absolute atomic E-state index is 0.234. The van der Waals surface area contributed by atoms with Gasteiger partial charge in [0, 0.05) is 12.6 Å². The summed E-state index contributed by atoms with van der Waals surface area (Å²) in [7, 11) is 0. The van der Waals surface area contributed by atoms with Crippen LogP contribution < -0.4 is 5.32 Å². The average molecular weight is 264 g/mol. The monoisotopic (exact) mass is 264 g/mol.